The zero-order valence-electron chi connectivity index (χ0n) is 22.1. The quantitative estimate of drug-likeness (QED) is 0.143. The molecule has 0 unspecified atom stereocenters. The third kappa shape index (κ3) is 7.55. The second-order valence-electron chi connectivity index (χ2n) is 8.91. The number of amides is 2. The third-order valence-electron chi connectivity index (χ3n) is 6.06. The van der Waals surface area contributed by atoms with Crippen LogP contribution in [0.4, 0.5) is 5.69 Å². The predicted octanol–water partition coefficient (Wildman–Crippen LogP) is 5.75. The van der Waals surface area contributed by atoms with Crippen molar-refractivity contribution in [1.29, 1.82) is 0 Å². The summed E-state index contributed by atoms with van der Waals surface area (Å²) >= 11 is 6.74. The van der Waals surface area contributed by atoms with Crippen LogP contribution in [-0.2, 0) is 16.0 Å². The van der Waals surface area contributed by atoms with Gasteiger partial charge in [-0.1, -0.05) is 91.1 Å². The molecular weight excluding hydrogens is 528 g/mol. The number of anilines is 1. The summed E-state index contributed by atoms with van der Waals surface area (Å²) in [5.41, 5.74) is 8.33. The summed E-state index contributed by atoms with van der Waals surface area (Å²) < 4.78 is 6.10. The van der Waals surface area contributed by atoms with E-state index in [0.29, 0.717) is 27.4 Å². The first-order valence-corrected chi connectivity index (χ1v) is 13.8. The van der Waals surface area contributed by atoms with Crippen LogP contribution in [0.3, 0.4) is 0 Å². The fraction of sp³-hybridized carbons (Fsp3) is 0.200. The van der Waals surface area contributed by atoms with Gasteiger partial charge in [0.2, 0.25) is 0 Å². The van der Waals surface area contributed by atoms with Crippen molar-refractivity contribution in [2.24, 2.45) is 5.10 Å². The van der Waals surface area contributed by atoms with Crippen LogP contribution < -0.4 is 15.5 Å². The van der Waals surface area contributed by atoms with Crippen LogP contribution in [0.5, 0.6) is 5.75 Å². The van der Waals surface area contributed by atoms with E-state index in [1.165, 1.54) is 17.3 Å². The summed E-state index contributed by atoms with van der Waals surface area (Å²) in [4.78, 5) is 27.3. The molecule has 4 rings (SSSR count). The van der Waals surface area contributed by atoms with E-state index in [1.54, 1.807) is 23.1 Å². The van der Waals surface area contributed by atoms with Crippen LogP contribution in [0.1, 0.15) is 36.1 Å². The summed E-state index contributed by atoms with van der Waals surface area (Å²) in [7, 11) is 0. The summed E-state index contributed by atoms with van der Waals surface area (Å²) in [5, 5.41) is 7.47. The minimum absolute atomic E-state index is 0.134. The summed E-state index contributed by atoms with van der Waals surface area (Å²) in [6, 6.07) is 23.1. The number of carbonyl (C=O) groups is 2. The van der Waals surface area contributed by atoms with E-state index in [2.05, 4.69) is 28.8 Å². The number of para-hydroxylation sites is 1. The van der Waals surface area contributed by atoms with Crippen LogP contribution in [0.25, 0.3) is 6.08 Å². The zero-order valence-corrected chi connectivity index (χ0v) is 23.7. The molecule has 1 saturated heterocycles. The van der Waals surface area contributed by atoms with E-state index >= 15 is 0 Å². The number of thioether (sulfide) groups is 1. The van der Waals surface area contributed by atoms with Crippen molar-refractivity contribution in [2.75, 3.05) is 18.6 Å². The highest BCUT2D eigenvalue weighted by Gasteiger charge is 2.31. The number of hydrazone groups is 1. The van der Waals surface area contributed by atoms with Gasteiger partial charge < -0.3 is 10.1 Å². The molecule has 0 spiro atoms. The standard InChI is InChI=1S/C30H30N4O3S2/c1-4-23-7-5-6-8-26(23)31-19-34-29(36)27(39-30(34)38)17-22-11-15-25(16-12-22)37-18-28(35)33-32-21(3)24-13-9-20(2)10-14-24/h5-17,31H,4,18-19H2,1-3H3,(H,33,35)/b27-17+,32-21+. The first kappa shape index (κ1) is 28.1. The molecule has 0 atom stereocenters. The number of nitrogens with one attached hydrogen (secondary N) is 2. The highest BCUT2D eigenvalue weighted by molar-refractivity contribution is 8.26. The average Bonchev–Trinajstić information content (AvgIpc) is 3.21. The van der Waals surface area contributed by atoms with Gasteiger partial charge in [0.25, 0.3) is 11.8 Å². The zero-order chi connectivity index (χ0) is 27.8. The topological polar surface area (TPSA) is 83.0 Å². The Morgan fingerprint density at radius 3 is 2.51 bits per heavy atom. The molecule has 1 aliphatic heterocycles. The van der Waals surface area contributed by atoms with Crippen molar-refractivity contribution in [3.63, 3.8) is 0 Å². The molecule has 9 heteroatoms. The molecule has 1 heterocycles. The lowest BCUT2D eigenvalue weighted by Crippen LogP contribution is -2.33. The Bertz CT molecular complexity index is 1420. The van der Waals surface area contributed by atoms with Crippen molar-refractivity contribution in [1.82, 2.24) is 10.3 Å². The lowest BCUT2D eigenvalue weighted by molar-refractivity contribution is -0.123. The Morgan fingerprint density at radius 1 is 1.08 bits per heavy atom. The third-order valence-corrected chi connectivity index (χ3v) is 7.44. The van der Waals surface area contributed by atoms with Crippen molar-refractivity contribution >= 4 is 57.6 Å². The van der Waals surface area contributed by atoms with Crippen molar-refractivity contribution in [2.45, 2.75) is 27.2 Å². The highest BCUT2D eigenvalue weighted by Crippen LogP contribution is 2.33. The van der Waals surface area contributed by atoms with E-state index < -0.39 is 0 Å². The molecule has 7 nitrogen and oxygen atoms in total. The molecule has 0 aromatic heterocycles. The van der Waals surface area contributed by atoms with Crippen molar-refractivity contribution in [3.05, 3.63) is 100.0 Å². The van der Waals surface area contributed by atoms with Crippen LogP contribution in [0, 0.1) is 6.92 Å². The predicted molar refractivity (Wildman–Crippen MR) is 163 cm³/mol. The van der Waals surface area contributed by atoms with Gasteiger partial charge in [0, 0.05) is 5.69 Å². The normalized spacial score (nSPS) is 14.6. The van der Waals surface area contributed by atoms with Crippen molar-refractivity contribution < 1.29 is 14.3 Å². The largest absolute Gasteiger partial charge is 0.484 e. The first-order chi connectivity index (χ1) is 18.8. The number of hydrogen-bond acceptors (Lipinski definition) is 7. The minimum Gasteiger partial charge on any atom is -0.484 e. The summed E-state index contributed by atoms with van der Waals surface area (Å²) in [6.45, 7) is 6.08. The number of ether oxygens (including phenoxy) is 1. The number of carbonyl (C=O) groups excluding carboxylic acids is 2. The number of hydrogen-bond donors (Lipinski definition) is 2. The van der Waals surface area contributed by atoms with Gasteiger partial charge in [-0.3, -0.25) is 14.5 Å². The van der Waals surface area contributed by atoms with Gasteiger partial charge in [-0.05, 0) is 61.2 Å². The fourth-order valence-electron chi connectivity index (χ4n) is 3.80. The molecule has 200 valence electrons. The Balaban J connectivity index is 1.29. The number of aryl methyl sites for hydroxylation is 2. The molecule has 3 aromatic carbocycles. The van der Waals surface area contributed by atoms with Gasteiger partial charge in [-0.15, -0.1) is 0 Å². The molecule has 0 aliphatic carbocycles. The van der Waals surface area contributed by atoms with Crippen LogP contribution in [-0.4, -0.2) is 40.0 Å². The maximum atomic E-state index is 13.0. The van der Waals surface area contributed by atoms with Crippen molar-refractivity contribution in [3.8, 4) is 5.75 Å². The van der Waals surface area contributed by atoms with Gasteiger partial charge in [-0.2, -0.15) is 5.10 Å². The molecule has 0 radical (unpaired) electrons. The monoisotopic (exact) mass is 558 g/mol. The number of rotatable bonds is 10. The van der Waals surface area contributed by atoms with Gasteiger partial charge in [-0.25, -0.2) is 5.43 Å². The molecule has 2 N–H and O–H groups in total. The van der Waals surface area contributed by atoms with Crippen LogP contribution >= 0.6 is 24.0 Å². The van der Waals surface area contributed by atoms with Gasteiger partial charge in [0.1, 0.15) is 10.1 Å². The first-order valence-electron chi connectivity index (χ1n) is 12.5. The SMILES string of the molecule is CCc1ccccc1NCN1C(=O)/C(=C\c2ccc(OCC(=O)N/N=C(\C)c3ccc(C)cc3)cc2)SC1=S. The van der Waals surface area contributed by atoms with Gasteiger partial charge in [0.05, 0.1) is 17.3 Å². The molecule has 0 saturated carbocycles. The van der Waals surface area contributed by atoms with E-state index in [0.717, 1.165) is 28.8 Å². The molecule has 2 amide bonds. The second-order valence-corrected chi connectivity index (χ2v) is 10.6. The Labute approximate surface area is 238 Å². The van der Waals surface area contributed by atoms with Crippen LogP contribution in [0.2, 0.25) is 0 Å². The lowest BCUT2D eigenvalue weighted by atomic mass is 10.1. The smallest absolute Gasteiger partial charge is 0.277 e. The van der Waals surface area contributed by atoms with Crippen LogP contribution in [0.15, 0.2) is 82.8 Å². The summed E-state index contributed by atoms with van der Waals surface area (Å²) in [5.74, 6) is 0.0437. The summed E-state index contributed by atoms with van der Waals surface area (Å²) in [6.07, 6.45) is 2.70. The Kier molecular flexibility index (Phi) is 9.51. The van der Waals surface area contributed by atoms with E-state index in [1.807, 2.05) is 68.4 Å². The number of nitrogens with zero attached hydrogens (tertiary/aromatic N) is 2. The number of thiocarbonyl (C=S) groups is 1. The van der Waals surface area contributed by atoms with Gasteiger partial charge in [0.15, 0.2) is 6.61 Å². The Hall–Kier alpha value is -3.95. The van der Waals surface area contributed by atoms with Gasteiger partial charge >= 0.3 is 0 Å². The molecule has 0 bridgehead atoms. The van der Waals surface area contributed by atoms with E-state index in [9.17, 15) is 9.59 Å². The number of benzene rings is 3. The highest BCUT2D eigenvalue weighted by atomic mass is 32.2. The average molecular weight is 559 g/mol. The molecule has 39 heavy (non-hydrogen) atoms. The molecular formula is C30H30N4O3S2. The molecule has 1 aliphatic rings. The maximum Gasteiger partial charge on any atom is 0.277 e. The second kappa shape index (κ2) is 13.2. The maximum absolute atomic E-state index is 13.0. The molecule has 1 fully saturated rings. The lowest BCUT2D eigenvalue weighted by Gasteiger charge is -2.17. The minimum atomic E-state index is -0.357. The van der Waals surface area contributed by atoms with E-state index in [-0.39, 0.29) is 18.4 Å². The molecule has 3 aromatic rings. The fourth-order valence-corrected chi connectivity index (χ4v) is 5.06. The van der Waals surface area contributed by atoms with E-state index in [4.69, 9.17) is 17.0 Å². The Morgan fingerprint density at radius 2 is 1.79 bits per heavy atom.